The Kier molecular flexibility index (Phi) is 28.8. The number of carboxylic acid groups (broad SMARTS) is 1. The number of carbonyl (C=O) groups excluding carboxylic acids is 1. The Morgan fingerprint density at radius 3 is 1.35 bits per heavy atom. The van der Waals surface area contributed by atoms with Crippen molar-refractivity contribution in [2.75, 3.05) is 55.6 Å². The van der Waals surface area contributed by atoms with Gasteiger partial charge in [-0.05, 0) is 197 Å². The highest BCUT2D eigenvalue weighted by Crippen LogP contribution is 2.36. The molecule has 3 saturated heterocycles. The van der Waals surface area contributed by atoms with Crippen LogP contribution in [0.4, 0.5) is 11.6 Å². The number of aliphatic hydroxyl groups excluding tert-OH is 1. The highest BCUT2D eigenvalue weighted by Gasteiger charge is 2.34. The third-order valence-corrected chi connectivity index (χ3v) is 16.9. The van der Waals surface area contributed by atoms with E-state index in [-0.39, 0.29) is 37.0 Å². The van der Waals surface area contributed by atoms with Gasteiger partial charge < -0.3 is 54.3 Å². The van der Waals surface area contributed by atoms with Gasteiger partial charge in [0.2, 0.25) is 23.5 Å². The highest BCUT2D eigenvalue weighted by atomic mass is 35.5. The first kappa shape index (κ1) is 74.3. The largest absolute Gasteiger partial charge is 0.508 e. The molecule has 4 aromatic heterocycles. The summed E-state index contributed by atoms with van der Waals surface area (Å²) in [5.41, 5.74) is 0.669. The number of likely N-dealkylation sites (tertiary alicyclic amines) is 1. The van der Waals surface area contributed by atoms with Crippen molar-refractivity contribution >= 4 is 116 Å². The van der Waals surface area contributed by atoms with Crippen molar-refractivity contribution in [1.82, 2.24) is 30.2 Å². The van der Waals surface area contributed by atoms with E-state index < -0.39 is 18.1 Å². The number of aromatic nitrogens is 4. The first-order valence-corrected chi connectivity index (χ1v) is 33.4. The third kappa shape index (κ3) is 24.2. The van der Waals surface area contributed by atoms with Crippen LogP contribution in [-0.4, -0.2) is 110 Å². The molecule has 0 radical (unpaired) electrons. The van der Waals surface area contributed by atoms with Crippen LogP contribution >= 0.6 is 92.8 Å². The Hall–Kier alpha value is -7.52. The molecule has 5 aromatic carbocycles. The van der Waals surface area contributed by atoms with Crippen LogP contribution in [0.5, 0.6) is 46.4 Å². The molecular weight excluding hydrogens is 1390 g/mol. The second kappa shape index (κ2) is 37.3. The highest BCUT2D eigenvalue weighted by molar-refractivity contribution is 6.33. The first-order valence-electron chi connectivity index (χ1n) is 30.3. The molecule has 504 valence electrons. The van der Waals surface area contributed by atoms with Gasteiger partial charge in [-0.1, -0.05) is 131 Å². The van der Waals surface area contributed by atoms with E-state index in [9.17, 15) is 14.7 Å². The number of aliphatic hydroxyl groups is 1. The van der Waals surface area contributed by atoms with E-state index in [4.69, 9.17) is 122 Å². The molecule has 0 spiro atoms. The summed E-state index contributed by atoms with van der Waals surface area (Å²) in [5.74, 6) is 4.39. The number of pyridine rings is 4. The van der Waals surface area contributed by atoms with Crippen molar-refractivity contribution in [3.8, 4) is 46.4 Å². The van der Waals surface area contributed by atoms with Crippen LogP contribution in [-0.2, 0) is 9.59 Å². The maximum atomic E-state index is 13.6. The monoisotopic (exact) mass is 1460 g/mol. The molecule has 4 aliphatic rings. The molecule has 1 aliphatic carbocycles. The number of nitrogens with zero attached hydrogens (tertiary/aromatic N) is 7. The minimum atomic E-state index is -0.900. The molecule has 96 heavy (non-hydrogen) atoms. The number of hydrogen-bond acceptors (Lipinski definition) is 15. The van der Waals surface area contributed by atoms with Crippen molar-refractivity contribution in [2.45, 2.75) is 64.2 Å². The molecule has 1 amide bonds. The van der Waals surface area contributed by atoms with Gasteiger partial charge in [0, 0.05) is 71.0 Å². The Bertz CT molecular complexity index is 3880. The number of anilines is 2. The van der Waals surface area contributed by atoms with E-state index in [0.717, 1.165) is 50.4 Å². The lowest BCUT2D eigenvalue weighted by Gasteiger charge is -2.30. The molecular formula is C71H70Cl8N8O9. The van der Waals surface area contributed by atoms with Gasteiger partial charge in [-0.2, -0.15) is 9.97 Å². The number of aliphatic carboxylic acids is 1. The van der Waals surface area contributed by atoms with Crippen molar-refractivity contribution in [2.24, 2.45) is 11.8 Å². The standard InChI is InChI=1S/C32H36Cl2N4O4.C16H15ClN2O3.C11H7Cl2NO.C6H5ClO.C5H3Cl2N.CH4/c33-23-7-9-25(10-8-23)42-30-5-3-4-29(36-30)38-17-14-22(19-38)32(40)35-27(20-37-15-1-2-16-37)31(39)21-6-13-28(26(34)18-21)41-24-11-12-24;17-12-4-6-13(7-5-12)22-15-3-1-2-14(18-15)19-9-8-11(10-19)16(20)21;12-8-4-6-9(7-5-8)15-11-3-1-2-10(13)14-11;7-5-1-3-6(8)4-2-5;6-4-2-1-3-5(7)8-4;/h3-10,13,18,22,24,27,31,39H,1-2,11-12,14-17,19-20H2,(H,35,40);1-7,11H,8-10H2,(H,20,21);1-7H;1-4,8H;1-3H;1H4/t22-,27-,31-;11-;;;;/m11..../s1. The van der Waals surface area contributed by atoms with Gasteiger partial charge in [0.05, 0.1) is 29.0 Å². The second-order valence-electron chi connectivity index (χ2n) is 22.2. The number of carboxylic acids is 1. The molecule has 0 unspecified atom stereocenters. The van der Waals surface area contributed by atoms with Crippen LogP contribution in [0.2, 0.25) is 40.6 Å². The zero-order valence-corrected chi connectivity index (χ0v) is 57.0. The quantitative estimate of drug-likeness (QED) is 0.0626. The molecule has 0 bridgehead atoms. The number of phenols is 1. The average molecular weight is 1460 g/mol. The van der Waals surface area contributed by atoms with Gasteiger partial charge in [-0.25, -0.2) is 9.97 Å². The zero-order chi connectivity index (χ0) is 67.2. The number of carbonyl (C=O) groups is 2. The van der Waals surface area contributed by atoms with Gasteiger partial charge in [0.25, 0.3) is 0 Å². The number of nitrogens with one attached hydrogen (secondary N) is 1. The van der Waals surface area contributed by atoms with E-state index in [1.165, 1.54) is 0 Å². The first-order chi connectivity index (χ1) is 45.8. The van der Waals surface area contributed by atoms with Crippen molar-refractivity contribution < 1.29 is 43.9 Å². The zero-order valence-electron chi connectivity index (χ0n) is 50.9. The third-order valence-electron chi connectivity index (χ3n) is 14.9. The normalized spacial score (nSPS) is 16.0. The molecule has 13 rings (SSSR count). The minimum Gasteiger partial charge on any atom is -0.508 e. The summed E-state index contributed by atoms with van der Waals surface area (Å²) >= 11 is 46.2. The lowest BCUT2D eigenvalue weighted by molar-refractivity contribution is -0.141. The van der Waals surface area contributed by atoms with Crippen LogP contribution in [0.25, 0.3) is 0 Å². The van der Waals surface area contributed by atoms with Crippen LogP contribution in [0.1, 0.15) is 57.6 Å². The number of amides is 1. The number of aromatic hydroxyl groups is 1. The van der Waals surface area contributed by atoms with E-state index >= 15 is 0 Å². The van der Waals surface area contributed by atoms with E-state index in [0.29, 0.717) is 132 Å². The van der Waals surface area contributed by atoms with Crippen molar-refractivity contribution in [1.29, 1.82) is 0 Å². The van der Waals surface area contributed by atoms with Crippen LogP contribution < -0.4 is 34.1 Å². The van der Waals surface area contributed by atoms with Gasteiger partial charge in [-0.3, -0.25) is 9.59 Å². The van der Waals surface area contributed by atoms with E-state index in [1.807, 2.05) is 41.3 Å². The fraction of sp³-hybridized carbons (Fsp3) is 0.268. The predicted octanol–water partition coefficient (Wildman–Crippen LogP) is 18.6. The van der Waals surface area contributed by atoms with Crippen LogP contribution in [0.3, 0.4) is 0 Å². The number of hydrogen-bond donors (Lipinski definition) is 4. The molecule has 4 N–H and O–H groups in total. The summed E-state index contributed by atoms with van der Waals surface area (Å²) < 4.78 is 22.9. The van der Waals surface area contributed by atoms with Gasteiger partial charge >= 0.3 is 5.97 Å². The Morgan fingerprint density at radius 2 is 0.938 bits per heavy atom. The molecule has 17 nitrogen and oxygen atoms in total. The molecule has 7 heterocycles. The molecule has 4 atom stereocenters. The molecule has 3 aliphatic heterocycles. The fourth-order valence-corrected chi connectivity index (χ4v) is 11.2. The Morgan fingerprint density at radius 1 is 0.510 bits per heavy atom. The van der Waals surface area contributed by atoms with Crippen molar-refractivity contribution in [3.63, 3.8) is 0 Å². The number of halogens is 8. The minimum absolute atomic E-state index is 0. The predicted molar refractivity (Wildman–Crippen MR) is 382 cm³/mol. The van der Waals surface area contributed by atoms with Crippen molar-refractivity contribution in [3.05, 3.63) is 234 Å². The Balaban J connectivity index is 0.000000180. The SMILES string of the molecule is C.Clc1ccc(Oc2cccc(Cl)n2)cc1.Clc1cccc(Cl)n1.O=C(N[C@H](CN1CCCC1)[C@H](O)c1ccc(OC2CC2)c(Cl)c1)[C@@H]1CCN(c2cccc(Oc3ccc(Cl)cc3)n2)C1.O=C(O)[C@@H]1CCN(c2cccc(Oc3ccc(Cl)cc3)n2)C1.Oc1ccc(Cl)cc1. The van der Waals surface area contributed by atoms with Crippen LogP contribution in [0, 0.1) is 11.8 Å². The summed E-state index contributed by atoms with van der Waals surface area (Å²) in [6.07, 6.45) is 5.01. The summed E-state index contributed by atoms with van der Waals surface area (Å²) in [6, 6.07) is 53.9. The fourth-order valence-electron chi connectivity index (χ4n) is 9.93. The van der Waals surface area contributed by atoms with E-state index in [1.54, 1.807) is 152 Å². The number of rotatable bonds is 17. The molecule has 25 heteroatoms. The number of phenolic OH excluding ortho intramolecular Hbond substituents is 1. The summed E-state index contributed by atoms with van der Waals surface area (Å²) in [7, 11) is 0. The average Bonchev–Trinajstić information content (AvgIpc) is 1.54. The maximum absolute atomic E-state index is 13.6. The van der Waals surface area contributed by atoms with Crippen LogP contribution in [0.15, 0.2) is 188 Å². The summed E-state index contributed by atoms with van der Waals surface area (Å²) in [6.45, 7) is 4.91. The molecule has 9 aromatic rings. The number of ether oxygens (including phenoxy) is 4. The lowest BCUT2D eigenvalue weighted by Crippen LogP contribution is -2.48. The lowest BCUT2D eigenvalue weighted by atomic mass is 10.00. The summed E-state index contributed by atoms with van der Waals surface area (Å²) in [5, 5.41) is 36.7. The van der Waals surface area contributed by atoms with Gasteiger partial charge in [-0.15, -0.1) is 0 Å². The smallest absolute Gasteiger partial charge is 0.308 e. The summed E-state index contributed by atoms with van der Waals surface area (Å²) in [4.78, 5) is 47.8. The van der Waals surface area contributed by atoms with Gasteiger partial charge in [0.1, 0.15) is 61.9 Å². The van der Waals surface area contributed by atoms with Gasteiger partial charge in [0.15, 0.2) is 0 Å². The number of benzene rings is 5. The molecule has 1 saturated carbocycles. The second-order valence-corrected chi connectivity index (χ2v) is 25.5. The maximum Gasteiger partial charge on any atom is 0.308 e. The topological polar surface area (TPSA) is 205 Å². The Labute approximate surface area is 598 Å². The van der Waals surface area contributed by atoms with E-state index in [2.05, 4.69) is 35.1 Å². The molecule has 4 fully saturated rings.